The maximum atomic E-state index is 13.4. The number of hydrogen-bond donors (Lipinski definition) is 3. The first-order valence-electron chi connectivity index (χ1n) is 9.20. The van der Waals surface area contributed by atoms with Crippen molar-refractivity contribution < 1.29 is 18.5 Å². The maximum Gasteiger partial charge on any atom is 0.272 e. The number of anilines is 1. The van der Waals surface area contributed by atoms with Gasteiger partial charge in [-0.15, -0.1) is 0 Å². The van der Waals surface area contributed by atoms with Gasteiger partial charge in [-0.2, -0.15) is 5.10 Å². The van der Waals surface area contributed by atoms with Gasteiger partial charge in [-0.05, 0) is 51.5 Å². The van der Waals surface area contributed by atoms with Gasteiger partial charge in [-0.3, -0.25) is 19.6 Å². The third kappa shape index (κ3) is 4.88. The van der Waals surface area contributed by atoms with Crippen molar-refractivity contribution >= 4 is 62.4 Å². The monoisotopic (exact) mass is 557 g/mol. The molecule has 0 saturated carbocycles. The lowest BCUT2D eigenvalue weighted by molar-refractivity contribution is -0.127. The lowest BCUT2D eigenvalue weighted by atomic mass is 10.2. The van der Waals surface area contributed by atoms with E-state index in [-0.39, 0.29) is 36.4 Å². The van der Waals surface area contributed by atoms with E-state index >= 15 is 0 Å². The number of benzene rings is 1. The van der Waals surface area contributed by atoms with Crippen LogP contribution < -0.4 is 10.6 Å². The first-order valence-corrected chi connectivity index (χ1v) is 11.8. The van der Waals surface area contributed by atoms with Crippen LogP contribution in [0.3, 0.4) is 0 Å². The van der Waals surface area contributed by atoms with Crippen LogP contribution in [-0.2, 0) is 22.5 Å². The van der Waals surface area contributed by atoms with Gasteiger partial charge in [-0.25, -0.2) is 14.4 Å². The van der Waals surface area contributed by atoms with Gasteiger partial charge < -0.3 is 15.2 Å². The van der Waals surface area contributed by atoms with Crippen molar-refractivity contribution in [3.05, 3.63) is 45.2 Å². The first-order chi connectivity index (χ1) is 14.9. The molecule has 1 saturated heterocycles. The number of fused-ring (bicyclic) bond motifs is 1. The van der Waals surface area contributed by atoms with Gasteiger partial charge in [-0.1, -0.05) is 6.07 Å². The molecule has 1 atom stereocenters. The van der Waals surface area contributed by atoms with Crippen LogP contribution in [0.5, 0.6) is 0 Å². The second-order valence-corrected chi connectivity index (χ2v) is 9.44. The van der Waals surface area contributed by atoms with Gasteiger partial charge in [0, 0.05) is 10.1 Å². The standard InChI is InChI=1S/C18H17FIN7O3S/c19-11-2-1-10(5-12(11)20)6-22-18(29)16-14-15(23-8-24-16)17(26-25-14)21-7-13(28)27-3-4-31(30)9-27/h1-2,5,8H,3-4,6-7,9H2,(H,22,29)(H2,21,25,26). The molecule has 0 radical (unpaired) electrons. The van der Waals surface area contributed by atoms with E-state index < -0.39 is 17.1 Å². The minimum atomic E-state index is -0.992. The summed E-state index contributed by atoms with van der Waals surface area (Å²) in [4.78, 5) is 34.6. The molecular weight excluding hydrogens is 540 g/mol. The molecule has 0 bridgehead atoms. The molecule has 31 heavy (non-hydrogen) atoms. The number of carbonyl (C=O) groups excluding carboxylic acids is 2. The van der Waals surface area contributed by atoms with Crippen LogP contribution in [0.15, 0.2) is 24.5 Å². The summed E-state index contributed by atoms with van der Waals surface area (Å²) in [5.41, 5.74) is 1.54. The van der Waals surface area contributed by atoms with Gasteiger partial charge in [0.05, 0.1) is 13.1 Å². The molecule has 1 unspecified atom stereocenters. The highest BCUT2D eigenvalue weighted by Crippen LogP contribution is 2.20. The quantitative estimate of drug-likeness (QED) is 0.304. The second-order valence-electron chi connectivity index (χ2n) is 6.73. The smallest absolute Gasteiger partial charge is 0.272 e. The van der Waals surface area contributed by atoms with Crippen LogP contribution in [0.2, 0.25) is 0 Å². The Morgan fingerprint density at radius 2 is 2.19 bits per heavy atom. The summed E-state index contributed by atoms with van der Waals surface area (Å²) in [6, 6.07) is 4.59. The zero-order valence-corrected chi connectivity index (χ0v) is 19.0. The molecule has 162 valence electrons. The summed E-state index contributed by atoms with van der Waals surface area (Å²) >= 11 is 0.896. The van der Waals surface area contributed by atoms with Crippen molar-refractivity contribution in [1.29, 1.82) is 0 Å². The summed E-state index contributed by atoms with van der Waals surface area (Å²) in [5.74, 6) is 0.0808. The molecule has 0 spiro atoms. The lowest BCUT2D eigenvalue weighted by Crippen LogP contribution is -2.34. The highest BCUT2D eigenvalue weighted by Gasteiger charge is 2.27. The van der Waals surface area contributed by atoms with E-state index in [9.17, 15) is 18.5 Å². The van der Waals surface area contributed by atoms with Crippen LogP contribution in [0.25, 0.3) is 11.0 Å². The van der Waals surface area contributed by atoms with E-state index in [1.54, 1.807) is 12.1 Å². The fourth-order valence-corrected chi connectivity index (χ4v) is 4.78. The number of H-pyrrole nitrogens is 1. The van der Waals surface area contributed by atoms with E-state index in [4.69, 9.17) is 0 Å². The molecule has 1 aliphatic heterocycles. The SMILES string of the molecule is O=C(NCc1ccc(F)c(I)c1)c1ncnc2c(NCC(=O)N3CC[S+]([O-])C3)n[nH]c12. The molecule has 3 heterocycles. The van der Waals surface area contributed by atoms with Gasteiger partial charge >= 0.3 is 0 Å². The summed E-state index contributed by atoms with van der Waals surface area (Å²) in [6.45, 7) is 0.630. The van der Waals surface area contributed by atoms with Crippen LogP contribution in [0.1, 0.15) is 16.1 Å². The van der Waals surface area contributed by atoms with E-state index in [1.165, 1.54) is 17.3 Å². The minimum absolute atomic E-state index is 0.0358. The number of carbonyl (C=O) groups is 2. The molecule has 0 aliphatic carbocycles. The Kier molecular flexibility index (Phi) is 6.52. The normalized spacial score (nSPS) is 16.0. The summed E-state index contributed by atoms with van der Waals surface area (Å²) in [6.07, 6.45) is 1.24. The van der Waals surface area contributed by atoms with E-state index in [0.29, 0.717) is 32.7 Å². The summed E-state index contributed by atoms with van der Waals surface area (Å²) in [5, 5.41) is 12.5. The predicted molar refractivity (Wildman–Crippen MR) is 120 cm³/mol. The van der Waals surface area contributed by atoms with Crippen LogP contribution in [0.4, 0.5) is 10.2 Å². The molecule has 13 heteroatoms. The van der Waals surface area contributed by atoms with E-state index in [0.717, 1.165) is 5.56 Å². The number of aromatic nitrogens is 4. The Hall–Kier alpha value is -2.52. The molecule has 1 fully saturated rings. The maximum absolute atomic E-state index is 13.4. The molecule has 4 rings (SSSR count). The van der Waals surface area contributed by atoms with E-state index in [1.807, 2.05) is 22.6 Å². The lowest BCUT2D eigenvalue weighted by Gasteiger charge is -2.12. The van der Waals surface area contributed by atoms with Crippen LogP contribution in [-0.4, -0.2) is 66.2 Å². The number of hydrogen-bond acceptors (Lipinski definition) is 7. The van der Waals surface area contributed by atoms with Gasteiger partial charge in [0.2, 0.25) is 5.91 Å². The number of aromatic amines is 1. The van der Waals surface area contributed by atoms with E-state index in [2.05, 4.69) is 30.8 Å². The third-order valence-corrected chi connectivity index (χ3v) is 6.72. The summed E-state index contributed by atoms with van der Waals surface area (Å²) in [7, 11) is 0. The van der Waals surface area contributed by atoms with Crippen molar-refractivity contribution in [1.82, 2.24) is 30.4 Å². The average Bonchev–Trinajstić information content (AvgIpc) is 3.38. The average molecular weight is 557 g/mol. The molecular formula is C18H17FIN7O3S. The van der Waals surface area contributed by atoms with Crippen molar-refractivity contribution in [2.24, 2.45) is 0 Å². The predicted octanol–water partition coefficient (Wildman–Crippen LogP) is 0.987. The second kappa shape index (κ2) is 9.32. The minimum Gasteiger partial charge on any atom is -0.615 e. The molecule has 2 aromatic heterocycles. The third-order valence-electron chi connectivity index (χ3n) is 4.65. The number of nitrogens with zero attached hydrogens (tertiary/aromatic N) is 4. The highest BCUT2D eigenvalue weighted by molar-refractivity contribution is 14.1. The number of nitrogens with one attached hydrogen (secondary N) is 3. The Morgan fingerprint density at radius 1 is 1.35 bits per heavy atom. The Balaban J connectivity index is 1.43. The highest BCUT2D eigenvalue weighted by atomic mass is 127. The van der Waals surface area contributed by atoms with Gasteiger partial charge in [0.25, 0.3) is 5.91 Å². The topological polar surface area (TPSA) is 139 Å². The zero-order chi connectivity index (χ0) is 22.0. The Bertz CT molecular complexity index is 1140. The number of halogens is 2. The summed E-state index contributed by atoms with van der Waals surface area (Å²) < 4.78 is 25.3. The van der Waals surface area contributed by atoms with Crippen molar-refractivity contribution in [3.63, 3.8) is 0 Å². The fourth-order valence-electron chi connectivity index (χ4n) is 3.03. The molecule has 3 N–H and O–H groups in total. The number of amides is 2. The fraction of sp³-hybridized carbons (Fsp3) is 0.278. The van der Waals surface area contributed by atoms with Crippen LogP contribution in [0, 0.1) is 9.39 Å². The Labute approximate surface area is 192 Å². The number of rotatable bonds is 6. The van der Waals surface area contributed by atoms with Crippen molar-refractivity contribution in [2.75, 3.05) is 30.0 Å². The molecule has 3 aromatic rings. The van der Waals surface area contributed by atoms with Gasteiger partial charge in [0.1, 0.15) is 28.9 Å². The van der Waals surface area contributed by atoms with Crippen molar-refractivity contribution in [3.8, 4) is 0 Å². The zero-order valence-electron chi connectivity index (χ0n) is 16.0. The Morgan fingerprint density at radius 3 is 2.94 bits per heavy atom. The molecule has 1 aliphatic rings. The molecule has 1 aromatic carbocycles. The van der Waals surface area contributed by atoms with Crippen molar-refractivity contribution in [2.45, 2.75) is 6.54 Å². The molecule has 2 amide bonds. The largest absolute Gasteiger partial charge is 0.615 e. The first kappa shape index (κ1) is 21.7. The van der Waals surface area contributed by atoms with Gasteiger partial charge in [0.15, 0.2) is 17.4 Å². The molecule has 10 nitrogen and oxygen atoms in total. The van der Waals surface area contributed by atoms with Crippen LogP contribution >= 0.6 is 22.6 Å².